The molecule has 1 fully saturated rings. The van der Waals surface area contributed by atoms with E-state index in [1.807, 2.05) is 12.3 Å². The summed E-state index contributed by atoms with van der Waals surface area (Å²) in [5, 5.41) is 16.9. The van der Waals surface area contributed by atoms with Crippen LogP contribution in [-0.4, -0.2) is 67.1 Å². The molecule has 1 aromatic carbocycles. The second-order valence-electron chi connectivity index (χ2n) is 10.3. The van der Waals surface area contributed by atoms with Gasteiger partial charge in [0.15, 0.2) is 5.82 Å². The van der Waals surface area contributed by atoms with Crippen LogP contribution in [0.25, 0.3) is 17.1 Å². The summed E-state index contributed by atoms with van der Waals surface area (Å²) in [6.45, 7) is 8.71. The van der Waals surface area contributed by atoms with Crippen LogP contribution in [0.15, 0.2) is 48.7 Å². The molecule has 2 aliphatic rings. The Bertz CT molecular complexity index is 1430. The molecule has 1 aliphatic heterocycles. The Morgan fingerprint density at radius 2 is 1.85 bits per heavy atom. The number of likely N-dealkylation sites (N-methyl/N-ethyl adjacent to an activating group) is 1. The summed E-state index contributed by atoms with van der Waals surface area (Å²) in [7, 11) is 0. The van der Waals surface area contributed by atoms with Crippen molar-refractivity contribution in [3.05, 3.63) is 59.8 Å². The average molecular weight is 525 g/mol. The minimum atomic E-state index is 0.167. The highest BCUT2D eigenvalue weighted by Crippen LogP contribution is 2.32. The number of anilines is 4. The first-order valence-corrected chi connectivity index (χ1v) is 14.0. The Morgan fingerprint density at radius 3 is 2.67 bits per heavy atom. The molecule has 3 N–H and O–H groups in total. The zero-order chi connectivity index (χ0) is 26.8. The summed E-state index contributed by atoms with van der Waals surface area (Å²) in [6, 6.07) is 15.1. The van der Waals surface area contributed by atoms with E-state index in [0.29, 0.717) is 17.8 Å². The summed E-state index contributed by atoms with van der Waals surface area (Å²) in [5.74, 6) is 2.24. The second-order valence-corrected chi connectivity index (χ2v) is 10.3. The molecule has 202 valence electrons. The Hall–Kier alpha value is -4.05. The number of nitrogens with one attached hydrogen (secondary N) is 1. The van der Waals surface area contributed by atoms with Gasteiger partial charge >= 0.3 is 0 Å². The summed E-state index contributed by atoms with van der Waals surface area (Å²) in [5.41, 5.74) is 11.4. The van der Waals surface area contributed by atoms with Crippen molar-refractivity contribution in [2.45, 2.75) is 52.0 Å². The third kappa shape index (κ3) is 5.16. The first kappa shape index (κ1) is 25.2. The second kappa shape index (κ2) is 11.0. The number of nitrogen functional groups attached to an aromatic ring is 1. The third-order valence-electron chi connectivity index (χ3n) is 7.90. The van der Waals surface area contributed by atoms with Gasteiger partial charge in [0.1, 0.15) is 5.82 Å². The lowest BCUT2D eigenvalue weighted by atomic mass is 10.0. The number of rotatable bonds is 8. The molecule has 0 radical (unpaired) electrons. The van der Waals surface area contributed by atoms with Crippen LogP contribution >= 0.6 is 0 Å². The molecule has 4 heterocycles. The Morgan fingerprint density at radius 1 is 1.00 bits per heavy atom. The van der Waals surface area contributed by atoms with Crippen LogP contribution in [0.1, 0.15) is 44.2 Å². The molecule has 6 rings (SSSR count). The minimum Gasteiger partial charge on any atom is -0.366 e. The molecule has 0 spiro atoms. The standard InChI is InChI=1S/C29H36N10/c1-3-37(4-2)19-23-12-8-16-38(23)25-15-14-22(18-31-25)32-29-33-28(30)36-39(29)26-17-21-11-7-10-20-9-5-6-13-24(20)27(21)35-34-26/h5-6,9,13-15,17-18,23H,3-4,7-8,10-12,16,19H2,1-2H3,(H3,30,32,33,36). The number of hydrogen-bond acceptors (Lipinski definition) is 9. The van der Waals surface area contributed by atoms with Crippen LogP contribution < -0.4 is 16.0 Å². The van der Waals surface area contributed by atoms with Gasteiger partial charge in [-0.05, 0) is 74.5 Å². The maximum absolute atomic E-state index is 6.02. The lowest BCUT2D eigenvalue weighted by molar-refractivity contribution is 0.283. The predicted molar refractivity (Wildman–Crippen MR) is 154 cm³/mol. The van der Waals surface area contributed by atoms with E-state index in [-0.39, 0.29) is 5.95 Å². The third-order valence-corrected chi connectivity index (χ3v) is 7.90. The predicted octanol–water partition coefficient (Wildman–Crippen LogP) is 4.24. The number of fused-ring (bicyclic) bond motifs is 3. The van der Waals surface area contributed by atoms with Gasteiger partial charge in [0.2, 0.25) is 11.9 Å². The molecule has 1 saturated heterocycles. The number of pyridine rings is 1. The van der Waals surface area contributed by atoms with Crippen LogP contribution in [0, 0.1) is 0 Å². The fourth-order valence-electron chi connectivity index (χ4n) is 5.81. The molecule has 3 aromatic heterocycles. The van der Waals surface area contributed by atoms with Gasteiger partial charge in [0, 0.05) is 24.7 Å². The normalized spacial score (nSPS) is 16.7. The van der Waals surface area contributed by atoms with Gasteiger partial charge in [0.05, 0.1) is 17.6 Å². The fraction of sp³-hybridized carbons (Fsp3) is 0.414. The summed E-state index contributed by atoms with van der Waals surface area (Å²) >= 11 is 0. The number of nitrogens with zero attached hydrogens (tertiary/aromatic N) is 8. The molecular formula is C29H36N10. The molecule has 10 heteroatoms. The largest absolute Gasteiger partial charge is 0.366 e. The van der Waals surface area contributed by atoms with Gasteiger partial charge in [-0.2, -0.15) is 9.67 Å². The van der Waals surface area contributed by atoms with Gasteiger partial charge in [-0.3, -0.25) is 0 Å². The Balaban J connectivity index is 1.22. The zero-order valence-corrected chi connectivity index (χ0v) is 22.7. The van der Waals surface area contributed by atoms with Crippen molar-refractivity contribution in [1.82, 2.24) is 34.8 Å². The molecule has 1 atom stereocenters. The number of hydrogen-bond donors (Lipinski definition) is 2. The SMILES string of the molecule is CCN(CC)CC1CCCN1c1ccc(Nc2nc(N)nn2-c2cc3c(nn2)-c2ccccc2CCC3)cn1. The van der Waals surface area contributed by atoms with Gasteiger partial charge < -0.3 is 20.9 Å². The number of aryl methyl sites for hydroxylation is 2. The first-order valence-electron chi connectivity index (χ1n) is 14.0. The highest BCUT2D eigenvalue weighted by Gasteiger charge is 2.27. The minimum absolute atomic E-state index is 0.167. The van der Waals surface area contributed by atoms with Crippen LogP contribution in [0.3, 0.4) is 0 Å². The van der Waals surface area contributed by atoms with Crippen LogP contribution in [-0.2, 0) is 12.8 Å². The van der Waals surface area contributed by atoms with Crippen LogP contribution in [0.5, 0.6) is 0 Å². The highest BCUT2D eigenvalue weighted by atomic mass is 15.5. The smallest absolute Gasteiger partial charge is 0.241 e. The molecule has 39 heavy (non-hydrogen) atoms. The van der Waals surface area contributed by atoms with E-state index >= 15 is 0 Å². The summed E-state index contributed by atoms with van der Waals surface area (Å²) in [4.78, 5) is 14.1. The highest BCUT2D eigenvalue weighted by molar-refractivity contribution is 5.68. The van der Waals surface area contributed by atoms with Crippen molar-refractivity contribution in [3.63, 3.8) is 0 Å². The van der Waals surface area contributed by atoms with E-state index in [2.05, 4.69) is 85.6 Å². The molecule has 10 nitrogen and oxygen atoms in total. The maximum Gasteiger partial charge on any atom is 0.241 e. The van der Waals surface area contributed by atoms with Crippen molar-refractivity contribution in [3.8, 4) is 17.1 Å². The van der Waals surface area contributed by atoms with E-state index in [4.69, 9.17) is 10.7 Å². The van der Waals surface area contributed by atoms with E-state index in [1.165, 1.54) is 18.4 Å². The van der Waals surface area contributed by atoms with Gasteiger partial charge in [-0.15, -0.1) is 15.3 Å². The summed E-state index contributed by atoms with van der Waals surface area (Å²) < 4.78 is 1.62. The van der Waals surface area contributed by atoms with Gasteiger partial charge in [0.25, 0.3) is 0 Å². The van der Waals surface area contributed by atoms with E-state index in [1.54, 1.807) is 4.68 Å². The topological polar surface area (TPSA) is 114 Å². The van der Waals surface area contributed by atoms with Gasteiger partial charge in [-0.25, -0.2) is 4.98 Å². The quantitative estimate of drug-likeness (QED) is 0.349. The van der Waals surface area contributed by atoms with E-state index < -0.39 is 0 Å². The van der Waals surface area contributed by atoms with Crippen molar-refractivity contribution in [2.24, 2.45) is 0 Å². The number of benzene rings is 1. The molecule has 1 unspecified atom stereocenters. The molecule has 4 aromatic rings. The van der Waals surface area contributed by atoms with Crippen molar-refractivity contribution in [1.29, 1.82) is 0 Å². The Labute approximate surface area is 229 Å². The molecule has 0 bridgehead atoms. The van der Waals surface area contributed by atoms with Crippen molar-refractivity contribution >= 4 is 23.4 Å². The summed E-state index contributed by atoms with van der Waals surface area (Å²) in [6.07, 6.45) is 7.26. The molecular weight excluding hydrogens is 488 g/mol. The van der Waals surface area contributed by atoms with Crippen LogP contribution in [0.4, 0.5) is 23.4 Å². The van der Waals surface area contributed by atoms with Crippen molar-refractivity contribution < 1.29 is 0 Å². The number of aromatic nitrogens is 6. The van der Waals surface area contributed by atoms with E-state index in [9.17, 15) is 0 Å². The van der Waals surface area contributed by atoms with Gasteiger partial charge in [-0.1, -0.05) is 38.1 Å². The maximum atomic E-state index is 6.02. The fourth-order valence-corrected chi connectivity index (χ4v) is 5.81. The monoisotopic (exact) mass is 524 g/mol. The molecule has 0 amide bonds. The lowest BCUT2D eigenvalue weighted by Crippen LogP contribution is -2.40. The Kier molecular flexibility index (Phi) is 7.10. The van der Waals surface area contributed by atoms with Crippen molar-refractivity contribution in [2.75, 3.05) is 42.1 Å². The lowest BCUT2D eigenvalue weighted by Gasteiger charge is -2.30. The number of nitrogens with two attached hydrogens (primary N) is 1. The average Bonchev–Trinajstić information content (AvgIpc) is 3.53. The molecule has 1 aliphatic carbocycles. The zero-order valence-electron chi connectivity index (χ0n) is 22.7. The van der Waals surface area contributed by atoms with Crippen LogP contribution in [0.2, 0.25) is 0 Å². The molecule has 0 saturated carbocycles. The first-order chi connectivity index (χ1) is 19.1. The van der Waals surface area contributed by atoms with E-state index in [0.717, 1.165) is 73.8 Å².